The molecule has 2 aromatic carbocycles. The number of hydrogen-bond donors (Lipinski definition) is 1. The Kier molecular flexibility index (Phi) is 6.00. The molecule has 21 heavy (non-hydrogen) atoms. The molecule has 0 radical (unpaired) electrons. The summed E-state index contributed by atoms with van der Waals surface area (Å²) in [5, 5.41) is 3.54. The van der Waals surface area contributed by atoms with Gasteiger partial charge in [-0.05, 0) is 49.4 Å². The Morgan fingerprint density at radius 1 is 1.10 bits per heavy atom. The molecule has 0 aliphatic rings. The highest BCUT2D eigenvalue weighted by Crippen LogP contribution is 2.28. The van der Waals surface area contributed by atoms with Crippen LogP contribution in [-0.2, 0) is 0 Å². The molecule has 1 atom stereocenters. The van der Waals surface area contributed by atoms with Gasteiger partial charge < -0.3 is 10.1 Å². The van der Waals surface area contributed by atoms with Crippen molar-refractivity contribution in [2.75, 3.05) is 18.2 Å². The average Bonchev–Trinajstić information content (AvgIpc) is 2.54. The normalized spacial score (nSPS) is 12.0. The standard InChI is InChI=1S/C18H23NOS/c1-4-13-20-18-8-6-5-7-17(18)19-14(2)15-9-11-16(21-3)12-10-15/h5-12,14,19H,4,13H2,1-3H3. The first-order chi connectivity index (χ1) is 10.2. The van der Waals surface area contributed by atoms with E-state index in [1.54, 1.807) is 11.8 Å². The van der Waals surface area contributed by atoms with E-state index in [4.69, 9.17) is 4.74 Å². The first-order valence-corrected chi connectivity index (χ1v) is 8.59. The van der Waals surface area contributed by atoms with Gasteiger partial charge in [-0.15, -0.1) is 11.8 Å². The zero-order valence-corrected chi connectivity index (χ0v) is 13.7. The topological polar surface area (TPSA) is 21.3 Å². The third-order valence-corrected chi connectivity index (χ3v) is 4.08. The Morgan fingerprint density at radius 3 is 2.48 bits per heavy atom. The molecule has 1 unspecified atom stereocenters. The van der Waals surface area contributed by atoms with Crippen LogP contribution in [0.25, 0.3) is 0 Å². The molecule has 2 aromatic rings. The van der Waals surface area contributed by atoms with E-state index in [9.17, 15) is 0 Å². The van der Waals surface area contributed by atoms with Gasteiger partial charge in [0.05, 0.1) is 12.3 Å². The Labute approximate surface area is 131 Å². The number of nitrogens with one attached hydrogen (secondary N) is 1. The second kappa shape index (κ2) is 7.99. The van der Waals surface area contributed by atoms with E-state index in [0.717, 1.165) is 24.5 Å². The molecule has 0 fully saturated rings. The van der Waals surface area contributed by atoms with Crippen LogP contribution in [0.2, 0.25) is 0 Å². The predicted octanol–water partition coefficient (Wildman–Crippen LogP) is 5.37. The minimum absolute atomic E-state index is 0.243. The molecular weight excluding hydrogens is 278 g/mol. The van der Waals surface area contributed by atoms with Crippen LogP contribution in [-0.4, -0.2) is 12.9 Å². The predicted molar refractivity (Wildman–Crippen MR) is 92.5 cm³/mol. The summed E-state index contributed by atoms with van der Waals surface area (Å²) >= 11 is 1.76. The van der Waals surface area contributed by atoms with Crippen molar-refractivity contribution in [2.24, 2.45) is 0 Å². The zero-order valence-electron chi connectivity index (χ0n) is 12.9. The lowest BCUT2D eigenvalue weighted by atomic mass is 10.1. The Balaban J connectivity index is 2.09. The lowest BCUT2D eigenvalue weighted by molar-refractivity contribution is 0.318. The molecule has 1 N–H and O–H groups in total. The SMILES string of the molecule is CCCOc1ccccc1NC(C)c1ccc(SC)cc1. The molecule has 0 bridgehead atoms. The van der Waals surface area contributed by atoms with Gasteiger partial charge >= 0.3 is 0 Å². The van der Waals surface area contributed by atoms with Gasteiger partial charge in [-0.3, -0.25) is 0 Å². The number of benzene rings is 2. The molecule has 0 aliphatic carbocycles. The fourth-order valence-electron chi connectivity index (χ4n) is 2.13. The summed E-state index contributed by atoms with van der Waals surface area (Å²) < 4.78 is 5.79. The molecule has 2 rings (SSSR count). The van der Waals surface area contributed by atoms with Crippen molar-refractivity contribution >= 4 is 17.4 Å². The summed E-state index contributed by atoms with van der Waals surface area (Å²) in [4.78, 5) is 1.29. The molecule has 112 valence electrons. The van der Waals surface area contributed by atoms with Crippen LogP contribution in [0, 0.1) is 0 Å². The minimum atomic E-state index is 0.243. The maximum atomic E-state index is 5.79. The second-order valence-electron chi connectivity index (χ2n) is 4.98. The van der Waals surface area contributed by atoms with Crippen LogP contribution < -0.4 is 10.1 Å². The number of para-hydroxylation sites is 2. The van der Waals surface area contributed by atoms with Crippen molar-refractivity contribution in [2.45, 2.75) is 31.2 Å². The van der Waals surface area contributed by atoms with Crippen molar-refractivity contribution in [3.63, 3.8) is 0 Å². The number of rotatable bonds is 7. The van der Waals surface area contributed by atoms with Gasteiger partial charge in [0.1, 0.15) is 5.75 Å². The summed E-state index contributed by atoms with van der Waals surface area (Å²) in [7, 11) is 0. The van der Waals surface area contributed by atoms with Gasteiger partial charge in [0.25, 0.3) is 0 Å². The molecule has 2 nitrogen and oxygen atoms in total. The minimum Gasteiger partial charge on any atom is -0.491 e. The average molecular weight is 301 g/mol. The lowest BCUT2D eigenvalue weighted by Gasteiger charge is -2.19. The molecule has 0 heterocycles. The number of hydrogen-bond acceptors (Lipinski definition) is 3. The fraction of sp³-hybridized carbons (Fsp3) is 0.333. The van der Waals surface area contributed by atoms with Crippen molar-refractivity contribution in [1.29, 1.82) is 0 Å². The van der Waals surface area contributed by atoms with Crippen molar-refractivity contribution < 1.29 is 4.74 Å². The summed E-state index contributed by atoms with van der Waals surface area (Å²) in [6.07, 6.45) is 3.11. The highest BCUT2D eigenvalue weighted by atomic mass is 32.2. The molecule has 0 aromatic heterocycles. The number of thioether (sulfide) groups is 1. The van der Waals surface area contributed by atoms with Gasteiger partial charge in [-0.25, -0.2) is 0 Å². The van der Waals surface area contributed by atoms with Gasteiger partial charge in [0.15, 0.2) is 0 Å². The lowest BCUT2D eigenvalue weighted by Crippen LogP contribution is -2.08. The second-order valence-corrected chi connectivity index (χ2v) is 5.86. The molecule has 0 aliphatic heterocycles. The van der Waals surface area contributed by atoms with E-state index in [0.29, 0.717) is 0 Å². The Hall–Kier alpha value is -1.61. The van der Waals surface area contributed by atoms with Crippen molar-refractivity contribution in [3.8, 4) is 5.75 Å². The maximum Gasteiger partial charge on any atom is 0.142 e. The molecule has 0 spiro atoms. The summed E-state index contributed by atoms with van der Waals surface area (Å²) in [5.74, 6) is 0.923. The zero-order chi connectivity index (χ0) is 15.1. The van der Waals surface area contributed by atoms with E-state index in [1.807, 2.05) is 18.2 Å². The van der Waals surface area contributed by atoms with Crippen molar-refractivity contribution in [1.82, 2.24) is 0 Å². The van der Waals surface area contributed by atoms with E-state index < -0.39 is 0 Å². The molecule has 0 amide bonds. The van der Waals surface area contributed by atoms with E-state index >= 15 is 0 Å². The highest BCUT2D eigenvalue weighted by Gasteiger charge is 2.09. The van der Waals surface area contributed by atoms with E-state index in [1.165, 1.54) is 10.5 Å². The van der Waals surface area contributed by atoms with Crippen LogP contribution in [0.15, 0.2) is 53.4 Å². The van der Waals surface area contributed by atoms with Gasteiger partial charge in [-0.2, -0.15) is 0 Å². The van der Waals surface area contributed by atoms with Gasteiger partial charge in [0, 0.05) is 10.9 Å². The third-order valence-electron chi connectivity index (χ3n) is 3.34. The highest BCUT2D eigenvalue weighted by molar-refractivity contribution is 7.98. The first kappa shape index (κ1) is 15.8. The fourth-order valence-corrected chi connectivity index (χ4v) is 2.54. The monoisotopic (exact) mass is 301 g/mol. The summed E-state index contributed by atoms with van der Waals surface area (Å²) in [6.45, 7) is 5.03. The molecule has 0 saturated carbocycles. The van der Waals surface area contributed by atoms with Crippen LogP contribution in [0.3, 0.4) is 0 Å². The maximum absolute atomic E-state index is 5.79. The van der Waals surface area contributed by atoms with Crippen LogP contribution in [0.5, 0.6) is 5.75 Å². The smallest absolute Gasteiger partial charge is 0.142 e. The van der Waals surface area contributed by atoms with Crippen molar-refractivity contribution in [3.05, 3.63) is 54.1 Å². The number of anilines is 1. The molecular formula is C18H23NOS. The van der Waals surface area contributed by atoms with Crippen LogP contribution in [0.4, 0.5) is 5.69 Å². The molecule has 0 saturated heterocycles. The van der Waals surface area contributed by atoms with Gasteiger partial charge in [0.2, 0.25) is 0 Å². The van der Waals surface area contributed by atoms with Gasteiger partial charge in [-0.1, -0.05) is 31.2 Å². The van der Waals surface area contributed by atoms with Crippen LogP contribution >= 0.6 is 11.8 Å². The molecule has 3 heteroatoms. The largest absolute Gasteiger partial charge is 0.491 e. The Bertz CT molecular complexity index is 553. The van der Waals surface area contributed by atoms with Crippen LogP contribution in [0.1, 0.15) is 31.9 Å². The first-order valence-electron chi connectivity index (χ1n) is 7.37. The quantitative estimate of drug-likeness (QED) is 0.695. The number of ether oxygens (including phenoxy) is 1. The summed E-state index contributed by atoms with van der Waals surface area (Å²) in [5.41, 5.74) is 2.32. The van der Waals surface area contributed by atoms with E-state index in [-0.39, 0.29) is 6.04 Å². The third kappa shape index (κ3) is 4.43. The summed E-state index contributed by atoms with van der Waals surface area (Å²) in [6, 6.07) is 17.1. The van der Waals surface area contributed by atoms with E-state index in [2.05, 4.69) is 55.8 Å². The Morgan fingerprint density at radius 2 is 1.81 bits per heavy atom.